The first-order chi connectivity index (χ1) is 11.5. The Morgan fingerprint density at radius 1 is 1.17 bits per heavy atom. The Balaban J connectivity index is 1.78. The molecule has 24 heavy (non-hydrogen) atoms. The lowest BCUT2D eigenvalue weighted by molar-refractivity contribution is 0.100. The van der Waals surface area contributed by atoms with E-state index >= 15 is 0 Å². The third-order valence-corrected chi connectivity index (χ3v) is 3.61. The highest BCUT2D eigenvalue weighted by Gasteiger charge is 2.15. The van der Waals surface area contributed by atoms with Crippen LogP contribution in [-0.2, 0) is 0 Å². The molecule has 0 saturated heterocycles. The lowest BCUT2D eigenvalue weighted by Gasteiger charge is -2.11. The average Bonchev–Trinajstić information content (AvgIpc) is 3.05. The largest absolute Gasteiger partial charge is 0.418 e. The summed E-state index contributed by atoms with van der Waals surface area (Å²) in [5, 5.41) is 11.4. The van der Waals surface area contributed by atoms with Gasteiger partial charge in [0.1, 0.15) is 6.04 Å². The van der Waals surface area contributed by atoms with E-state index in [4.69, 9.17) is 10.2 Å². The maximum atomic E-state index is 11.3. The van der Waals surface area contributed by atoms with Crippen molar-refractivity contribution in [2.75, 3.05) is 5.32 Å². The molecule has 0 aliphatic carbocycles. The van der Waals surface area contributed by atoms with Crippen molar-refractivity contribution in [2.24, 2.45) is 5.73 Å². The van der Waals surface area contributed by atoms with Crippen molar-refractivity contribution in [3.8, 4) is 11.5 Å². The van der Waals surface area contributed by atoms with Crippen LogP contribution in [0.2, 0.25) is 0 Å². The number of amides is 1. The molecule has 0 fully saturated rings. The Hall–Kier alpha value is -3.15. The molecule has 0 spiro atoms. The van der Waals surface area contributed by atoms with Gasteiger partial charge in [-0.15, -0.1) is 10.2 Å². The topological polar surface area (TPSA) is 94.0 Å². The summed E-state index contributed by atoms with van der Waals surface area (Å²) in [4.78, 5) is 11.3. The molecule has 0 saturated carbocycles. The minimum Gasteiger partial charge on any atom is -0.418 e. The van der Waals surface area contributed by atoms with E-state index in [1.54, 1.807) is 18.2 Å². The van der Waals surface area contributed by atoms with Gasteiger partial charge in [0.05, 0.1) is 0 Å². The van der Waals surface area contributed by atoms with Gasteiger partial charge >= 0.3 is 0 Å². The number of benzene rings is 2. The molecular formula is C18H18N4O2. The third-order valence-electron chi connectivity index (χ3n) is 3.61. The number of anilines is 1. The van der Waals surface area contributed by atoms with Crippen LogP contribution in [0.15, 0.2) is 52.9 Å². The number of aromatic nitrogens is 2. The predicted molar refractivity (Wildman–Crippen MR) is 91.5 cm³/mol. The zero-order valence-corrected chi connectivity index (χ0v) is 13.5. The van der Waals surface area contributed by atoms with Crippen LogP contribution in [0.1, 0.15) is 34.8 Å². The molecule has 1 amide bonds. The summed E-state index contributed by atoms with van der Waals surface area (Å²) in [6.07, 6.45) is 0. The highest BCUT2D eigenvalue weighted by Crippen LogP contribution is 2.24. The van der Waals surface area contributed by atoms with E-state index in [1.165, 1.54) is 0 Å². The summed E-state index contributed by atoms with van der Waals surface area (Å²) >= 11 is 0. The number of primary amides is 1. The average molecular weight is 322 g/mol. The van der Waals surface area contributed by atoms with E-state index in [0.29, 0.717) is 17.3 Å². The van der Waals surface area contributed by atoms with Gasteiger partial charge in [0.25, 0.3) is 0 Å². The van der Waals surface area contributed by atoms with Crippen molar-refractivity contribution in [1.29, 1.82) is 0 Å². The first-order valence-corrected chi connectivity index (χ1v) is 7.60. The Morgan fingerprint density at radius 2 is 1.96 bits per heavy atom. The van der Waals surface area contributed by atoms with Gasteiger partial charge in [-0.2, -0.15) is 0 Å². The normalized spacial score (nSPS) is 11.9. The highest BCUT2D eigenvalue weighted by molar-refractivity contribution is 5.93. The van der Waals surface area contributed by atoms with Crippen LogP contribution in [0.3, 0.4) is 0 Å². The zero-order valence-electron chi connectivity index (χ0n) is 13.5. The molecule has 1 unspecified atom stereocenters. The van der Waals surface area contributed by atoms with Crippen LogP contribution in [0.4, 0.5) is 5.69 Å². The Kier molecular flexibility index (Phi) is 4.29. The molecular weight excluding hydrogens is 304 g/mol. The zero-order chi connectivity index (χ0) is 17.1. The fourth-order valence-electron chi connectivity index (χ4n) is 2.38. The molecule has 3 aromatic rings. The van der Waals surface area contributed by atoms with Gasteiger partial charge < -0.3 is 15.5 Å². The van der Waals surface area contributed by atoms with Crippen molar-refractivity contribution < 1.29 is 9.21 Å². The third kappa shape index (κ3) is 3.43. The van der Waals surface area contributed by atoms with Crippen molar-refractivity contribution in [3.05, 3.63) is 65.5 Å². The minimum atomic E-state index is -0.467. The number of carbonyl (C=O) groups excluding carboxylic acids is 1. The SMILES string of the molecule is Cc1cccc(-c2nnc(C(C)Nc3cccc(C(N)=O)c3)o2)c1. The van der Waals surface area contributed by atoms with Crippen LogP contribution < -0.4 is 11.1 Å². The van der Waals surface area contributed by atoms with E-state index in [2.05, 4.69) is 15.5 Å². The lowest BCUT2D eigenvalue weighted by atomic mass is 10.1. The summed E-state index contributed by atoms with van der Waals surface area (Å²) in [6, 6.07) is 14.6. The second kappa shape index (κ2) is 6.54. The molecule has 3 N–H and O–H groups in total. The second-order valence-corrected chi connectivity index (χ2v) is 5.63. The van der Waals surface area contributed by atoms with Crippen LogP contribution in [0.5, 0.6) is 0 Å². The Labute approximate surface area is 139 Å². The molecule has 6 nitrogen and oxygen atoms in total. The monoisotopic (exact) mass is 322 g/mol. The maximum absolute atomic E-state index is 11.3. The molecule has 1 aromatic heterocycles. The summed E-state index contributed by atoms with van der Waals surface area (Å²) in [6.45, 7) is 3.92. The Morgan fingerprint density at radius 3 is 2.71 bits per heavy atom. The van der Waals surface area contributed by atoms with Crippen LogP contribution in [-0.4, -0.2) is 16.1 Å². The van der Waals surface area contributed by atoms with Crippen molar-refractivity contribution in [2.45, 2.75) is 19.9 Å². The lowest BCUT2D eigenvalue weighted by Crippen LogP contribution is -2.12. The van der Waals surface area contributed by atoms with Gasteiger partial charge in [-0.1, -0.05) is 23.8 Å². The molecule has 3 rings (SSSR count). The maximum Gasteiger partial charge on any atom is 0.248 e. The number of hydrogen-bond donors (Lipinski definition) is 2. The first-order valence-electron chi connectivity index (χ1n) is 7.60. The number of nitrogens with two attached hydrogens (primary N) is 1. The molecule has 0 radical (unpaired) electrons. The van der Waals surface area contributed by atoms with E-state index in [9.17, 15) is 4.79 Å². The predicted octanol–water partition coefficient (Wildman–Crippen LogP) is 3.32. The van der Waals surface area contributed by atoms with Crippen LogP contribution in [0, 0.1) is 6.92 Å². The smallest absolute Gasteiger partial charge is 0.248 e. The number of nitrogens with one attached hydrogen (secondary N) is 1. The molecule has 1 heterocycles. The van der Waals surface area contributed by atoms with Crippen LogP contribution in [0.25, 0.3) is 11.5 Å². The summed E-state index contributed by atoms with van der Waals surface area (Å²) < 4.78 is 5.76. The first kappa shape index (κ1) is 15.7. The van der Waals surface area contributed by atoms with Gasteiger partial charge in [0.2, 0.25) is 17.7 Å². The summed E-state index contributed by atoms with van der Waals surface area (Å²) in [5.41, 5.74) is 8.51. The van der Waals surface area contributed by atoms with E-state index in [1.807, 2.05) is 44.2 Å². The van der Waals surface area contributed by atoms with Crippen molar-refractivity contribution in [3.63, 3.8) is 0 Å². The molecule has 6 heteroatoms. The Bertz CT molecular complexity index is 873. The number of rotatable bonds is 5. The van der Waals surface area contributed by atoms with Gasteiger partial charge in [-0.3, -0.25) is 4.79 Å². The van der Waals surface area contributed by atoms with Crippen LogP contribution >= 0.6 is 0 Å². The van der Waals surface area contributed by atoms with Crippen molar-refractivity contribution >= 4 is 11.6 Å². The molecule has 0 aliphatic heterocycles. The van der Waals surface area contributed by atoms with Gasteiger partial charge in [0, 0.05) is 16.8 Å². The van der Waals surface area contributed by atoms with E-state index < -0.39 is 5.91 Å². The van der Waals surface area contributed by atoms with Gasteiger partial charge in [-0.05, 0) is 44.2 Å². The van der Waals surface area contributed by atoms with Gasteiger partial charge in [-0.25, -0.2) is 0 Å². The fourth-order valence-corrected chi connectivity index (χ4v) is 2.38. The molecule has 2 aromatic carbocycles. The fraction of sp³-hybridized carbons (Fsp3) is 0.167. The second-order valence-electron chi connectivity index (χ2n) is 5.63. The molecule has 122 valence electrons. The number of carbonyl (C=O) groups is 1. The molecule has 0 aliphatic rings. The number of nitrogens with zero attached hydrogens (tertiary/aromatic N) is 2. The highest BCUT2D eigenvalue weighted by atomic mass is 16.4. The molecule has 1 atom stereocenters. The minimum absolute atomic E-state index is 0.209. The van der Waals surface area contributed by atoms with E-state index in [-0.39, 0.29) is 6.04 Å². The van der Waals surface area contributed by atoms with Gasteiger partial charge in [0.15, 0.2) is 0 Å². The number of hydrogen-bond acceptors (Lipinski definition) is 5. The standard InChI is InChI=1S/C18H18N4O2/c1-11-5-3-7-14(9-11)18-22-21-17(24-18)12(2)20-15-8-4-6-13(10-15)16(19)23/h3-10,12,20H,1-2H3,(H2,19,23). The number of aryl methyl sites for hydroxylation is 1. The quantitative estimate of drug-likeness (QED) is 0.751. The summed E-state index contributed by atoms with van der Waals surface area (Å²) in [5.74, 6) is 0.482. The van der Waals surface area contributed by atoms with E-state index in [0.717, 1.165) is 16.8 Å². The van der Waals surface area contributed by atoms with Crippen molar-refractivity contribution in [1.82, 2.24) is 10.2 Å². The molecule has 0 bridgehead atoms. The summed E-state index contributed by atoms with van der Waals surface area (Å²) in [7, 11) is 0.